The maximum absolute atomic E-state index is 14.0. The molecule has 0 aliphatic carbocycles. The van der Waals surface area contributed by atoms with Gasteiger partial charge in [-0.3, -0.25) is 18.7 Å². The van der Waals surface area contributed by atoms with Crippen molar-refractivity contribution in [1.82, 2.24) is 20.6 Å². The summed E-state index contributed by atoms with van der Waals surface area (Å²) in [5, 5.41) is 48.5. The number of hydrogen-bond acceptors (Lipinski definition) is 14. The van der Waals surface area contributed by atoms with E-state index in [0.29, 0.717) is 85.2 Å². The molecule has 0 saturated heterocycles. The van der Waals surface area contributed by atoms with Gasteiger partial charge in [0.2, 0.25) is 11.1 Å². The third-order valence-electron chi connectivity index (χ3n) is 13.3. The number of aliphatic hydroxyl groups is 2. The van der Waals surface area contributed by atoms with Gasteiger partial charge in [-0.15, -0.1) is 0 Å². The molecule has 0 saturated carbocycles. The fraction of sp³-hybridized carbons (Fsp3) is 0.333. The van der Waals surface area contributed by atoms with Crippen molar-refractivity contribution in [2.75, 3.05) is 52.6 Å². The number of H-pyrrole nitrogens is 2. The minimum atomic E-state index is -4.47. The molecule has 6 aromatic carbocycles. The van der Waals surface area contributed by atoms with Gasteiger partial charge in [0.25, 0.3) is 32.1 Å². The first-order valence-corrected chi connectivity index (χ1v) is 29.8. The van der Waals surface area contributed by atoms with Crippen LogP contribution in [0.5, 0.6) is 11.5 Å². The fourth-order valence-electron chi connectivity index (χ4n) is 9.05. The molecule has 8 aromatic rings. The topological polar surface area (TPSA) is 298 Å². The second-order valence-corrected chi connectivity index (χ2v) is 22.4. The van der Waals surface area contributed by atoms with Crippen LogP contribution in [0.25, 0.3) is 32.6 Å². The Morgan fingerprint density at radius 2 is 0.821 bits per heavy atom. The number of benzene rings is 6. The summed E-state index contributed by atoms with van der Waals surface area (Å²) >= 11 is 0. The Kier molecular flexibility index (Phi) is 24.5. The molecule has 18 nitrogen and oxygen atoms in total. The SMILES string of the molecule is O=S(=O)(O)c1cccc2c(S(=O)(=O)O)cccc12.O=c1ccc2c([C@@H](O)CNCCCCCCOCC(F)(F)c3ccccc3)ccc(O)c2[nH]1.O=c1ccc2c([C@@H](O)CNCCCCCCOCC(F)(F)c3ccccc3)ccc(O)c2[nH]1. The molecule has 8 rings (SSSR count). The first-order valence-electron chi connectivity index (χ1n) is 26.9. The Labute approximate surface area is 482 Å². The molecule has 0 spiro atoms. The maximum Gasteiger partial charge on any atom is 0.296 e. The first-order chi connectivity index (χ1) is 40.0. The summed E-state index contributed by atoms with van der Waals surface area (Å²) in [5.41, 5.74) is 1.15. The van der Waals surface area contributed by atoms with Crippen LogP contribution in [-0.2, 0) is 41.6 Å². The van der Waals surface area contributed by atoms with E-state index in [2.05, 4.69) is 20.6 Å². The number of phenolic OH excluding ortho intramolecular Hbond substituents is 2. The predicted molar refractivity (Wildman–Crippen MR) is 311 cm³/mol. The van der Waals surface area contributed by atoms with Gasteiger partial charge in [0.05, 0.1) is 23.2 Å². The standard InChI is InChI=1S/2C25H30F2N2O4.C10H8O6S2/c2*26-25(27,18-8-4-3-5-9-18)17-33-15-7-2-1-6-14-28-16-22(31)19-10-12-21(30)24-20(19)11-13-23(32)29-24;11-17(12,13)9-5-1-3-7-8(9)4-2-6-10(7)18(14,15)16/h2*3-5,8-13,22,28,30-31H,1-2,6-7,14-17H2,(H,29,32);1-6H,(H,11,12,13)(H,14,15,16)/t2*22-;/m00./s1. The summed E-state index contributed by atoms with van der Waals surface area (Å²) < 4.78 is 129. The van der Waals surface area contributed by atoms with E-state index in [1.165, 1.54) is 72.8 Å². The number of aromatic nitrogens is 2. The minimum Gasteiger partial charge on any atom is -0.506 e. The number of aromatic amines is 2. The number of fused-ring (bicyclic) bond motifs is 3. The van der Waals surface area contributed by atoms with E-state index in [4.69, 9.17) is 18.6 Å². The molecule has 452 valence electrons. The summed E-state index contributed by atoms with van der Waals surface area (Å²) in [7, 11) is -8.94. The van der Waals surface area contributed by atoms with Gasteiger partial charge < -0.3 is 50.5 Å². The number of alkyl halides is 4. The summed E-state index contributed by atoms with van der Waals surface area (Å²) in [6.07, 6.45) is 5.20. The average Bonchev–Trinajstić information content (AvgIpc) is 3.67. The minimum absolute atomic E-state index is 0.0233. The lowest BCUT2D eigenvalue weighted by molar-refractivity contribution is -0.0833. The molecule has 0 amide bonds. The predicted octanol–water partition coefficient (Wildman–Crippen LogP) is 9.78. The summed E-state index contributed by atoms with van der Waals surface area (Å²) in [6.45, 7) is 1.43. The molecule has 24 heteroatoms. The molecule has 0 bridgehead atoms. The second-order valence-electron chi connectivity index (χ2n) is 19.6. The molecule has 2 atom stereocenters. The van der Waals surface area contributed by atoms with Crippen LogP contribution in [0.2, 0.25) is 0 Å². The highest BCUT2D eigenvalue weighted by Gasteiger charge is 2.32. The third kappa shape index (κ3) is 19.5. The zero-order chi connectivity index (χ0) is 60.9. The molecular weight excluding hydrogens is 1140 g/mol. The quantitative estimate of drug-likeness (QED) is 0.0124. The monoisotopic (exact) mass is 1210 g/mol. The van der Waals surface area contributed by atoms with Crippen LogP contribution in [0.1, 0.15) is 85.8 Å². The third-order valence-corrected chi connectivity index (χ3v) is 15.2. The number of halogens is 4. The van der Waals surface area contributed by atoms with Crippen molar-refractivity contribution >= 4 is 52.8 Å². The highest BCUT2D eigenvalue weighted by atomic mass is 32.2. The number of ether oxygens (including phenoxy) is 2. The lowest BCUT2D eigenvalue weighted by atomic mass is 10.0. The maximum atomic E-state index is 14.0. The Bertz CT molecular complexity index is 3500. The van der Waals surface area contributed by atoms with Gasteiger partial charge in [0.1, 0.15) is 34.5 Å². The second kappa shape index (κ2) is 31.2. The van der Waals surface area contributed by atoms with Crippen LogP contribution in [0.4, 0.5) is 17.6 Å². The molecule has 0 radical (unpaired) electrons. The zero-order valence-corrected chi connectivity index (χ0v) is 47.2. The Morgan fingerprint density at radius 1 is 0.452 bits per heavy atom. The van der Waals surface area contributed by atoms with Gasteiger partial charge in [-0.2, -0.15) is 34.4 Å². The van der Waals surface area contributed by atoms with E-state index < -0.39 is 67.3 Å². The number of pyridine rings is 2. The fourth-order valence-corrected chi connectivity index (χ4v) is 10.5. The molecule has 0 unspecified atom stereocenters. The Morgan fingerprint density at radius 3 is 1.19 bits per heavy atom. The smallest absolute Gasteiger partial charge is 0.296 e. The molecule has 2 heterocycles. The lowest BCUT2D eigenvalue weighted by Crippen LogP contribution is -2.23. The Hall–Kier alpha value is -7.10. The van der Waals surface area contributed by atoms with Crippen LogP contribution in [0, 0.1) is 0 Å². The van der Waals surface area contributed by atoms with Crippen molar-refractivity contribution in [3.63, 3.8) is 0 Å². The van der Waals surface area contributed by atoms with Gasteiger partial charge in [0, 0.05) is 71.1 Å². The number of rotatable bonds is 28. The van der Waals surface area contributed by atoms with Crippen molar-refractivity contribution in [2.24, 2.45) is 0 Å². The van der Waals surface area contributed by atoms with Gasteiger partial charge in [-0.1, -0.05) is 123 Å². The van der Waals surface area contributed by atoms with Crippen molar-refractivity contribution in [1.29, 1.82) is 0 Å². The van der Waals surface area contributed by atoms with E-state index in [0.717, 1.165) is 50.7 Å². The molecule has 10 N–H and O–H groups in total. The summed E-state index contributed by atoms with van der Waals surface area (Å²) in [4.78, 5) is 27.3. The van der Waals surface area contributed by atoms with Crippen LogP contribution < -0.4 is 21.8 Å². The highest BCUT2D eigenvalue weighted by molar-refractivity contribution is 7.86. The van der Waals surface area contributed by atoms with Gasteiger partial charge in [0.15, 0.2) is 0 Å². The summed E-state index contributed by atoms with van der Waals surface area (Å²) in [6, 6.07) is 35.0. The van der Waals surface area contributed by atoms with Crippen molar-refractivity contribution in [3.05, 3.63) is 189 Å². The molecule has 0 fully saturated rings. The van der Waals surface area contributed by atoms with E-state index in [9.17, 15) is 64.4 Å². The normalized spacial score (nSPS) is 12.8. The van der Waals surface area contributed by atoms with E-state index in [1.807, 2.05) is 0 Å². The van der Waals surface area contributed by atoms with E-state index in [-0.39, 0.29) is 44.5 Å². The van der Waals surface area contributed by atoms with Crippen LogP contribution in [-0.4, -0.2) is 109 Å². The first kappa shape index (κ1) is 66.0. The molecule has 0 aliphatic heterocycles. The number of aliphatic hydroxyl groups excluding tert-OH is 2. The lowest BCUT2D eigenvalue weighted by Gasteiger charge is -2.16. The highest BCUT2D eigenvalue weighted by Crippen LogP contribution is 2.32. The number of unbranched alkanes of at least 4 members (excludes halogenated alkanes) is 6. The molecule has 2 aromatic heterocycles. The van der Waals surface area contributed by atoms with Crippen molar-refractivity contribution in [2.45, 2.75) is 85.2 Å². The molecular formula is C60H68F4N4O14S2. The van der Waals surface area contributed by atoms with Gasteiger partial charge in [-0.25, -0.2) is 0 Å². The zero-order valence-electron chi connectivity index (χ0n) is 45.6. The van der Waals surface area contributed by atoms with Crippen LogP contribution >= 0.6 is 0 Å². The molecule has 84 heavy (non-hydrogen) atoms. The van der Waals surface area contributed by atoms with E-state index in [1.54, 1.807) is 60.7 Å². The van der Waals surface area contributed by atoms with Gasteiger partial charge in [-0.05, 0) is 86.3 Å². The number of hydrogen-bond donors (Lipinski definition) is 10. The number of aromatic hydroxyl groups is 2. The van der Waals surface area contributed by atoms with E-state index >= 15 is 0 Å². The van der Waals surface area contributed by atoms with Crippen LogP contribution in [0.3, 0.4) is 0 Å². The number of nitrogens with one attached hydrogen (secondary N) is 4. The number of phenols is 2. The van der Waals surface area contributed by atoms with Gasteiger partial charge >= 0.3 is 0 Å². The van der Waals surface area contributed by atoms with Crippen LogP contribution in [0.15, 0.2) is 165 Å². The van der Waals surface area contributed by atoms with Crippen molar-refractivity contribution < 1.29 is 73.4 Å². The van der Waals surface area contributed by atoms with Crippen molar-refractivity contribution in [3.8, 4) is 11.5 Å². The largest absolute Gasteiger partial charge is 0.506 e. The average molecular weight is 1210 g/mol. The summed E-state index contributed by atoms with van der Waals surface area (Å²) in [5.74, 6) is -6.05. The molecule has 0 aliphatic rings. The Balaban J connectivity index is 0.000000211.